The molecule has 2 nitrogen and oxygen atoms in total. The van der Waals surface area contributed by atoms with E-state index in [1.807, 2.05) is 6.20 Å². The van der Waals surface area contributed by atoms with Crippen molar-refractivity contribution in [1.82, 2.24) is 4.98 Å². The second-order valence-corrected chi connectivity index (χ2v) is 4.88. The van der Waals surface area contributed by atoms with Crippen LogP contribution >= 0.6 is 0 Å². The summed E-state index contributed by atoms with van der Waals surface area (Å²) in [4.78, 5) is 4.11. The van der Waals surface area contributed by atoms with E-state index in [0.29, 0.717) is 0 Å². The van der Waals surface area contributed by atoms with Crippen molar-refractivity contribution >= 4 is 54.4 Å². The molecule has 11 heavy (non-hydrogen) atoms. The molecule has 2 rings (SSSR count). The van der Waals surface area contributed by atoms with Gasteiger partial charge in [0, 0.05) is 0 Å². The standard InChI is InChI=1S/C8H9N2.K/c9-8-7(6-3-4-6)2-1-5-10-8;/h1,5-6H,3-4H2,(H2,9,10);. The summed E-state index contributed by atoms with van der Waals surface area (Å²) < 4.78 is 1.48. The third-order valence-corrected chi connectivity index (χ3v) is 3.59. The van der Waals surface area contributed by atoms with Gasteiger partial charge < -0.3 is 0 Å². The van der Waals surface area contributed by atoms with E-state index in [0.717, 1.165) is 60.7 Å². The molecule has 0 amide bonds. The van der Waals surface area contributed by atoms with Crippen molar-refractivity contribution < 1.29 is 0 Å². The van der Waals surface area contributed by atoms with Crippen molar-refractivity contribution in [2.24, 2.45) is 0 Å². The monoisotopic (exact) mass is 172 g/mol. The van der Waals surface area contributed by atoms with Crippen LogP contribution in [0.25, 0.3) is 0 Å². The number of nitrogens with zero attached hydrogens (tertiary/aromatic N) is 1. The van der Waals surface area contributed by atoms with Gasteiger partial charge in [-0.3, -0.25) is 0 Å². The molecule has 0 unspecified atom stereocenters. The first-order valence-corrected chi connectivity index (χ1v) is 5.56. The molecule has 0 bridgehead atoms. The van der Waals surface area contributed by atoms with Crippen LogP contribution in [0.2, 0.25) is 0 Å². The molecular formula is C8H9KN2. The van der Waals surface area contributed by atoms with Crippen molar-refractivity contribution in [3.05, 3.63) is 17.8 Å². The first-order chi connectivity index (χ1) is 5.29. The van der Waals surface area contributed by atoms with Gasteiger partial charge in [0.15, 0.2) is 0 Å². The average Bonchev–Trinajstić information content (AvgIpc) is 2.70. The summed E-state index contributed by atoms with van der Waals surface area (Å²) in [6, 6.07) is 2.12. The Kier molecular flexibility index (Phi) is 2.34. The first kappa shape index (κ1) is 8.20. The molecule has 3 heteroatoms. The van der Waals surface area contributed by atoms with Crippen LogP contribution in [0.4, 0.5) is 5.82 Å². The van der Waals surface area contributed by atoms with Crippen LogP contribution < -0.4 is 5.39 Å². The Labute approximate surface area is 100 Å². The number of anilines is 1. The van der Waals surface area contributed by atoms with Crippen LogP contribution in [-0.4, -0.2) is 53.9 Å². The Bertz CT molecular complexity index is 261. The van der Waals surface area contributed by atoms with Crippen LogP contribution in [0, 0.1) is 0 Å². The molecule has 52 valence electrons. The van der Waals surface area contributed by atoms with Gasteiger partial charge in [-0.05, 0) is 0 Å². The fourth-order valence-corrected chi connectivity index (χ4v) is 2.76. The van der Waals surface area contributed by atoms with E-state index in [2.05, 4.69) is 11.1 Å². The molecule has 0 radical (unpaired) electrons. The van der Waals surface area contributed by atoms with Crippen molar-refractivity contribution in [3.8, 4) is 0 Å². The third-order valence-electron chi connectivity index (χ3n) is 2.22. The van der Waals surface area contributed by atoms with Crippen LogP contribution in [0.5, 0.6) is 0 Å². The summed E-state index contributed by atoms with van der Waals surface area (Å²) in [5, 5.41) is 0. The number of hydrogen-bond donors (Lipinski definition) is 1. The van der Waals surface area contributed by atoms with E-state index in [1.54, 1.807) is 0 Å². The second-order valence-electron chi connectivity index (χ2n) is 3.20. The van der Waals surface area contributed by atoms with Gasteiger partial charge in [0.2, 0.25) is 0 Å². The van der Waals surface area contributed by atoms with Gasteiger partial charge >= 0.3 is 102 Å². The van der Waals surface area contributed by atoms with E-state index in [9.17, 15) is 0 Å². The number of hydrogen-bond acceptors (Lipinski definition) is 2. The SMILES string of the molecule is Nc1ncc[c]([K])c1C1CC1. The van der Waals surface area contributed by atoms with Crippen molar-refractivity contribution in [2.75, 3.05) is 5.73 Å². The van der Waals surface area contributed by atoms with E-state index in [-0.39, 0.29) is 0 Å². The molecule has 1 saturated carbocycles. The van der Waals surface area contributed by atoms with E-state index in [1.165, 1.54) is 18.1 Å². The molecule has 0 aliphatic heterocycles. The van der Waals surface area contributed by atoms with E-state index >= 15 is 0 Å². The topological polar surface area (TPSA) is 38.9 Å². The zero-order valence-corrected chi connectivity index (χ0v) is 9.79. The zero-order chi connectivity index (χ0) is 7.84. The fourth-order valence-electron chi connectivity index (χ4n) is 1.49. The predicted octanol–water partition coefficient (Wildman–Crippen LogP) is 0.335. The molecule has 0 spiro atoms. The van der Waals surface area contributed by atoms with E-state index in [4.69, 9.17) is 5.73 Å². The molecule has 1 aromatic rings. The van der Waals surface area contributed by atoms with Gasteiger partial charge in [0.1, 0.15) is 0 Å². The van der Waals surface area contributed by atoms with Crippen LogP contribution in [0.3, 0.4) is 0 Å². The fraction of sp³-hybridized carbons (Fsp3) is 0.375. The Balaban J connectivity index is 2.48. The van der Waals surface area contributed by atoms with Crippen molar-refractivity contribution in [3.63, 3.8) is 0 Å². The summed E-state index contributed by atoms with van der Waals surface area (Å²) in [6.07, 6.45) is 4.46. The van der Waals surface area contributed by atoms with Gasteiger partial charge in [-0.1, -0.05) is 0 Å². The zero-order valence-electron chi connectivity index (χ0n) is 6.67. The minimum absolute atomic E-state index is 0.738. The molecule has 1 fully saturated rings. The van der Waals surface area contributed by atoms with Crippen LogP contribution in [-0.2, 0) is 0 Å². The molecule has 1 aliphatic carbocycles. The predicted molar refractivity (Wildman–Crippen MR) is 46.0 cm³/mol. The minimum atomic E-state index is 0.738. The molecular weight excluding hydrogens is 163 g/mol. The van der Waals surface area contributed by atoms with Crippen LogP contribution in [0.15, 0.2) is 12.3 Å². The summed E-state index contributed by atoms with van der Waals surface area (Å²) in [6.45, 7) is 0. The van der Waals surface area contributed by atoms with Crippen molar-refractivity contribution in [1.29, 1.82) is 0 Å². The summed E-state index contributed by atoms with van der Waals surface area (Å²) in [5.74, 6) is 1.53. The normalized spacial score (nSPS) is 16.9. The number of aromatic nitrogens is 1. The molecule has 1 aromatic heterocycles. The number of nitrogens with two attached hydrogens (primary N) is 1. The maximum absolute atomic E-state index is 5.78. The second kappa shape index (κ2) is 3.15. The Morgan fingerprint density at radius 2 is 2.27 bits per heavy atom. The molecule has 0 aromatic carbocycles. The van der Waals surface area contributed by atoms with E-state index < -0.39 is 0 Å². The Morgan fingerprint density at radius 3 is 2.82 bits per heavy atom. The van der Waals surface area contributed by atoms with Crippen LogP contribution in [0.1, 0.15) is 24.3 Å². The third kappa shape index (κ3) is 1.67. The molecule has 1 heterocycles. The first-order valence-electron chi connectivity index (χ1n) is 4.00. The van der Waals surface area contributed by atoms with Gasteiger partial charge in [-0.25, -0.2) is 0 Å². The average molecular weight is 172 g/mol. The van der Waals surface area contributed by atoms with Gasteiger partial charge in [0.05, 0.1) is 0 Å². The maximum atomic E-state index is 5.78. The molecule has 0 saturated heterocycles. The summed E-state index contributed by atoms with van der Waals surface area (Å²) in [7, 11) is 0. The molecule has 1 aliphatic rings. The summed E-state index contributed by atoms with van der Waals surface area (Å²) in [5.41, 5.74) is 7.15. The molecule has 0 atom stereocenters. The van der Waals surface area contributed by atoms with Gasteiger partial charge in [0.25, 0.3) is 0 Å². The number of rotatable bonds is 1. The molecule has 2 N–H and O–H groups in total. The quantitative estimate of drug-likeness (QED) is 0.620. The van der Waals surface area contributed by atoms with Crippen molar-refractivity contribution in [2.45, 2.75) is 18.8 Å². The summed E-state index contributed by atoms with van der Waals surface area (Å²) >= 11 is 0.738. The Morgan fingerprint density at radius 1 is 1.55 bits per heavy atom. The van der Waals surface area contributed by atoms with Gasteiger partial charge in [-0.2, -0.15) is 0 Å². The van der Waals surface area contributed by atoms with Gasteiger partial charge in [-0.15, -0.1) is 0 Å². The number of pyridine rings is 1. The Hall–Kier alpha value is 0.586. The number of nitrogen functional groups attached to an aromatic ring is 1.